The number of anilines is 1. The molecular weight excluding hydrogens is 342 g/mol. The fourth-order valence-corrected chi connectivity index (χ4v) is 3.72. The number of pyridine rings is 1. The number of rotatable bonds is 5. The maximum absolute atomic E-state index is 4.98. The highest BCUT2D eigenvalue weighted by Gasteiger charge is 2.12. The van der Waals surface area contributed by atoms with Crippen LogP contribution in [0.15, 0.2) is 97.1 Å². The third kappa shape index (κ3) is 3.23. The molecule has 3 aromatic carbocycles. The van der Waals surface area contributed by atoms with Gasteiger partial charge in [0.15, 0.2) is 0 Å². The van der Waals surface area contributed by atoms with Gasteiger partial charge >= 0.3 is 0 Å². The van der Waals surface area contributed by atoms with Gasteiger partial charge in [-0.15, -0.1) is 0 Å². The molecule has 0 atom stereocenters. The second kappa shape index (κ2) is 7.20. The monoisotopic (exact) mass is 363 g/mol. The van der Waals surface area contributed by atoms with Crippen LogP contribution in [0.1, 0.15) is 11.1 Å². The Morgan fingerprint density at radius 3 is 1.89 bits per heavy atom. The molecule has 3 heteroatoms. The SMILES string of the molecule is c1ccc(CN(Cc2ccccc2)c2ccc3c(n2)[nH]c2ccccc23)cc1. The summed E-state index contributed by atoms with van der Waals surface area (Å²) in [7, 11) is 0. The van der Waals surface area contributed by atoms with Crippen LogP contribution >= 0.6 is 0 Å². The lowest BCUT2D eigenvalue weighted by atomic mass is 10.1. The van der Waals surface area contributed by atoms with E-state index in [4.69, 9.17) is 4.98 Å². The van der Waals surface area contributed by atoms with Crippen molar-refractivity contribution < 1.29 is 0 Å². The molecule has 0 spiro atoms. The summed E-state index contributed by atoms with van der Waals surface area (Å²) in [5.74, 6) is 0.978. The average molecular weight is 363 g/mol. The fourth-order valence-electron chi connectivity index (χ4n) is 3.72. The molecule has 0 unspecified atom stereocenters. The minimum absolute atomic E-state index is 0.814. The summed E-state index contributed by atoms with van der Waals surface area (Å²) in [5.41, 5.74) is 4.61. The molecule has 5 aromatic rings. The Kier molecular flexibility index (Phi) is 4.26. The van der Waals surface area contributed by atoms with Gasteiger partial charge in [-0.25, -0.2) is 4.98 Å². The topological polar surface area (TPSA) is 31.9 Å². The van der Waals surface area contributed by atoms with Gasteiger partial charge in [-0.1, -0.05) is 78.9 Å². The maximum Gasteiger partial charge on any atom is 0.140 e. The molecule has 0 saturated carbocycles. The van der Waals surface area contributed by atoms with E-state index in [1.54, 1.807) is 0 Å². The van der Waals surface area contributed by atoms with E-state index in [0.29, 0.717) is 0 Å². The van der Waals surface area contributed by atoms with Gasteiger partial charge in [0.2, 0.25) is 0 Å². The predicted octanol–water partition coefficient (Wildman–Crippen LogP) is 5.92. The molecule has 0 fully saturated rings. The molecule has 1 N–H and O–H groups in total. The number of aromatic nitrogens is 2. The van der Waals surface area contributed by atoms with Crippen LogP contribution in [0, 0.1) is 0 Å². The number of aromatic amines is 1. The lowest BCUT2D eigenvalue weighted by Crippen LogP contribution is -2.23. The molecule has 2 heterocycles. The van der Waals surface area contributed by atoms with Gasteiger partial charge in [0, 0.05) is 29.4 Å². The number of para-hydroxylation sites is 1. The largest absolute Gasteiger partial charge is 0.348 e. The molecule has 0 amide bonds. The van der Waals surface area contributed by atoms with Crippen LogP contribution in [0.4, 0.5) is 5.82 Å². The molecule has 0 radical (unpaired) electrons. The molecule has 136 valence electrons. The standard InChI is InChI=1S/C25H21N3/c1-3-9-19(10-4-1)17-28(18-20-11-5-2-6-12-20)24-16-15-22-21-13-7-8-14-23(21)26-25(22)27-24/h1-16H,17-18H2,(H,26,27). The van der Waals surface area contributed by atoms with E-state index >= 15 is 0 Å². The van der Waals surface area contributed by atoms with E-state index in [1.165, 1.54) is 21.9 Å². The molecule has 2 aromatic heterocycles. The zero-order valence-electron chi connectivity index (χ0n) is 15.5. The molecule has 28 heavy (non-hydrogen) atoms. The summed E-state index contributed by atoms with van der Waals surface area (Å²) >= 11 is 0. The van der Waals surface area contributed by atoms with Crippen molar-refractivity contribution in [2.75, 3.05) is 4.90 Å². The molecule has 0 aliphatic carbocycles. The molecular formula is C25H21N3. The minimum atomic E-state index is 0.814. The van der Waals surface area contributed by atoms with E-state index in [1.807, 2.05) is 0 Å². The van der Waals surface area contributed by atoms with Crippen LogP contribution in [0.3, 0.4) is 0 Å². The Labute approximate surface area is 164 Å². The van der Waals surface area contributed by atoms with Crippen molar-refractivity contribution in [3.63, 3.8) is 0 Å². The summed E-state index contributed by atoms with van der Waals surface area (Å²) in [6, 6.07) is 33.8. The number of nitrogens with zero attached hydrogens (tertiary/aromatic N) is 2. The lowest BCUT2D eigenvalue weighted by Gasteiger charge is -2.24. The van der Waals surface area contributed by atoms with Gasteiger partial charge < -0.3 is 9.88 Å². The molecule has 3 nitrogen and oxygen atoms in total. The van der Waals surface area contributed by atoms with E-state index < -0.39 is 0 Å². The summed E-state index contributed by atoms with van der Waals surface area (Å²) in [4.78, 5) is 10.8. The van der Waals surface area contributed by atoms with E-state index in [2.05, 4.69) is 107 Å². The van der Waals surface area contributed by atoms with Gasteiger partial charge in [-0.2, -0.15) is 0 Å². The first-order chi connectivity index (χ1) is 13.9. The molecule has 0 aliphatic rings. The highest BCUT2D eigenvalue weighted by molar-refractivity contribution is 6.06. The van der Waals surface area contributed by atoms with Crippen LogP contribution in [0.25, 0.3) is 21.9 Å². The number of H-pyrrole nitrogens is 1. The van der Waals surface area contributed by atoms with Crippen LogP contribution in [0.5, 0.6) is 0 Å². The predicted molar refractivity (Wildman–Crippen MR) is 116 cm³/mol. The fraction of sp³-hybridized carbons (Fsp3) is 0.0800. The first-order valence-corrected chi connectivity index (χ1v) is 9.57. The highest BCUT2D eigenvalue weighted by atomic mass is 15.2. The Morgan fingerprint density at radius 1 is 0.607 bits per heavy atom. The first-order valence-electron chi connectivity index (χ1n) is 9.57. The average Bonchev–Trinajstić information content (AvgIpc) is 3.12. The van der Waals surface area contributed by atoms with Crippen molar-refractivity contribution in [1.82, 2.24) is 9.97 Å². The van der Waals surface area contributed by atoms with E-state index in [9.17, 15) is 0 Å². The Balaban J connectivity index is 1.56. The number of hydrogen-bond donors (Lipinski definition) is 1. The lowest BCUT2D eigenvalue weighted by molar-refractivity contribution is 0.785. The van der Waals surface area contributed by atoms with Gasteiger partial charge in [0.1, 0.15) is 11.5 Å². The molecule has 0 aliphatic heterocycles. The Bertz CT molecular complexity index is 1170. The van der Waals surface area contributed by atoms with Crippen LogP contribution in [0.2, 0.25) is 0 Å². The summed E-state index contributed by atoms with van der Waals surface area (Å²) in [6.07, 6.45) is 0. The van der Waals surface area contributed by atoms with Gasteiger partial charge in [-0.3, -0.25) is 0 Å². The molecule has 5 rings (SSSR count). The Morgan fingerprint density at radius 2 is 1.21 bits per heavy atom. The van der Waals surface area contributed by atoms with Crippen LogP contribution < -0.4 is 4.90 Å². The van der Waals surface area contributed by atoms with Crippen molar-refractivity contribution in [1.29, 1.82) is 0 Å². The second-order valence-electron chi connectivity index (χ2n) is 7.06. The Hall–Kier alpha value is -3.59. The number of benzene rings is 3. The summed E-state index contributed by atoms with van der Waals surface area (Å²) in [5, 5.41) is 2.38. The third-order valence-electron chi connectivity index (χ3n) is 5.11. The second-order valence-corrected chi connectivity index (χ2v) is 7.06. The van der Waals surface area contributed by atoms with Gasteiger partial charge in [0.05, 0.1) is 0 Å². The highest BCUT2D eigenvalue weighted by Crippen LogP contribution is 2.27. The van der Waals surface area contributed by atoms with E-state index in [0.717, 1.165) is 30.1 Å². The summed E-state index contributed by atoms with van der Waals surface area (Å²) in [6.45, 7) is 1.63. The van der Waals surface area contributed by atoms with Crippen molar-refractivity contribution in [2.24, 2.45) is 0 Å². The minimum Gasteiger partial charge on any atom is -0.348 e. The number of fused-ring (bicyclic) bond motifs is 3. The summed E-state index contributed by atoms with van der Waals surface area (Å²) < 4.78 is 0. The van der Waals surface area contributed by atoms with Crippen molar-refractivity contribution in [2.45, 2.75) is 13.1 Å². The van der Waals surface area contributed by atoms with Crippen molar-refractivity contribution in [3.05, 3.63) is 108 Å². The smallest absolute Gasteiger partial charge is 0.140 e. The van der Waals surface area contributed by atoms with Crippen molar-refractivity contribution >= 4 is 27.8 Å². The zero-order valence-corrected chi connectivity index (χ0v) is 15.5. The number of nitrogens with one attached hydrogen (secondary N) is 1. The molecule has 0 saturated heterocycles. The quantitative estimate of drug-likeness (QED) is 0.420. The maximum atomic E-state index is 4.98. The zero-order chi connectivity index (χ0) is 18.8. The third-order valence-corrected chi connectivity index (χ3v) is 5.11. The van der Waals surface area contributed by atoms with Gasteiger partial charge in [-0.05, 0) is 29.3 Å². The normalized spacial score (nSPS) is 11.1. The number of hydrogen-bond acceptors (Lipinski definition) is 2. The van der Waals surface area contributed by atoms with Crippen molar-refractivity contribution in [3.8, 4) is 0 Å². The van der Waals surface area contributed by atoms with E-state index in [-0.39, 0.29) is 0 Å². The first kappa shape index (κ1) is 16.6. The van der Waals surface area contributed by atoms with Crippen LogP contribution in [-0.2, 0) is 13.1 Å². The van der Waals surface area contributed by atoms with Crippen LogP contribution in [-0.4, -0.2) is 9.97 Å². The molecule has 0 bridgehead atoms. The van der Waals surface area contributed by atoms with Gasteiger partial charge in [0.25, 0.3) is 0 Å².